The number of nitrogens with one attached hydrogen (secondary N) is 2. The van der Waals surface area contributed by atoms with E-state index in [1.807, 2.05) is 13.8 Å². The molecule has 1 unspecified atom stereocenters. The summed E-state index contributed by atoms with van der Waals surface area (Å²) in [6.45, 7) is 4.69. The molecule has 86 valence electrons. The third-order valence-corrected chi connectivity index (χ3v) is 3.57. The predicted octanol–water partition coefficient (Wildman–Crippen LogP) is 0.646. The van der Waals surface area contributed by atoms with Gasteiger partial charge in [0.25, 0.3) is 0 Å². The van der Waals surface area contributed by atoms with Crippen molar-refractivity contribution in [1.82, 2.24) is 10.6 Å². The molecule has 1 atom stereocenters. The van der Waals surface area contributed by atoms with Gasteiger partial charge in [0, 0.05) is 12.0 Å². The average Bonchev–Trinajstić information content (AvgIpc) is 2.57. The van der Waals surface area contributed by atoms with Gasteiger partial charge in [-0.25, -0.2) is 0 Å². The SMILES string of the molecule is CCC1(CC)CNC(=O)C1NC(=O)CCl. The second-order valence-corrected chi connectivity index (χ2v) is 4.19. The number of alkyl halides is 1. The van der Waals surface area contributed by atoms with Crippen molar-refractivity contribution < 1.29 is 9.59 Å². The molecule has 0 aromatic heterocycles. The lowest BCUT2D eigenvalue weighted by atomic mass is 9.78. The van der Waals surface area contributed by atoms with Gasteiger partial charge in [-0.1, -0.05) is 13.8 Å². The largest absolute Gasteiger partial charge is 0.354 e. The molecule has 1 fully saturated rings. The minimum absolute atomic E-state index is 0.0998. The molecule has 0 aromatic carbocycles. The smallest absolute Gasteiger partial charge is 0.243 e. The first-order valence-corrected chi connectivity index (χ1v) is 5.76. The fraction of sp³-hybridized carbons (Fsp3) is 0.800. The molecule has 0 aromatic rings. The third kappa shape index (κ3) is 2.25. The second kappa shape index (κ2) is 4.84. The van der Waals surface area contributed by atoms with Gasteiger partial charge in [0.2, 0.25) is 11.8 Å². The van der Waals surface area contributed by atoms with Gasteiger partial charge in [0.05, 0.1) is 0 Å². The van der Waals surface area contributed by atoms with E-state index in [9.17, 15) is 9.59 Å². The molecule has 0 spiro atoms. The standard InChI is InChI=1S/C10H17ClN2O2/c1-3-10(4-2)6-12-9(15)8(10)13-7(14)5-11/h8H,3-6H2,1-2H3,(H,12,15)(H,13,14). The lowest BCUT2D eigenvalue weighted by Gasteiger charge is -2.31. The summed E-state index contributed by atoms with van der Waals surface area (Å²) < 4.78 is 0. The minimum Gasteiger partial charge on any atom is -0.354 e. The quantitative estimate of drug-likeness (QED) is 0.700. The monoisotopic (exact) mass is 232 g/mol. The zero-order valence-electron chi connectivity index (χ0n) is 9.10. The molecule has 1 heterocycles. The van der Waals surface area contributed by atoms with E-state index in [2.05, 4.69) is 10.6 Å². The molecule has 2 N–H and O–H groups in total. The van der Waals surface area contributed by atoms with Crippen LogP contribution in [-0.4, -0.2) is 30.3 Å². The van der Waals surface area contributed by atoms with Crippen LogP contribution in [0.2, 0.25) is 0 Å². The zero-order valence-corrected chi connectivity index (χ0v) is 9.86. The molecule has 1 saturated heterocycles. The highest BCUT2D eigenvalue weighted by molar-refractivity contribution is 6.27. The molecule has 0 radical (unpaired) electrons. The number of hydrogen-bond acceptors (Lipinski definition) is 2. The summed E-state index contributed by atoms with van der Waals surface area (Å²) in [5.74, 6) is -0.491. The van der Waals surface area contributed by atoms with Crippen LogP contribution in [0.25, 0.3) is 0 Å². The van der Waals surface area contributed by atoms with Crippen LogP contribution in [0.4, 0.5) is 0 Å². The highest BCUT2D eigenvalue weighted by Gasteiger charge is 2.46. The van der Waals surface area contributed by atoms with Gasteiger partial charge in [-0.15, -0.1) is 11.6 Å². The highest BCUT2D eigenvalue weighted by Crippen LogP contribution is 2.33. The number of amides is 2. The van der Waals surface area contributed by atoms with Crippen molar-refractivity contribution >= 4 is 23.4 Å². The van der Waals surface area contributed by atoms with Crippen molar-refractivity contribution in [3.63, 3.8) is 0 Å². The number of halogens is 1. The van der Waals surface area contributed by atoms with Gasteiger partial charge in [-0.3, -0.25) is 9.59 Å². The first kappa shape index (κ1) is 12.3. The summed E-state index contributed by atoms with van der Waals surface area (Å²) in [7, 11) is 0. The predicted molar refractivity (Wildman–Crippen MR) is 58.7 cm³/mol. The van der Waals surface area contributed by atoms with Crippen LogP contribution in [-0.2, 0) is 9.59 Å². The van der Waals surface area contributed by atoms with Crippen LogP contribution in [0, 0.1) is 5.41 Å². The summed E-state index contributed by atoms with van der Waals surface area (Å²) in [6.07, 6.45) is 1.71. The Bertz CT molecular complexity index is 264. The van der Waals surface area contributed by atoms with Gasteiger partial charge in [0.15, 0.2) is 0 Å². The molecule has 4 nitrogen and oxygen atoms in total. The Morgan fingerprint density at radius 1 is 1.60 bits per heavy atom. The van der Waals surface area contributed by atoms with Crippen molar-refractivity contribution in [2.75, 3.05) is 12.4 Å². The van der Waals surface area contributed by atoms with Crippen molar-refractivity contribution in [2.45, 2.75) is 32.7 Å². The van der Waals surface area contributed by atoms with E-state index in [4.69, 9.17) is 11.6 Å². The molecule has 0 saturated carbocycles. The molecule has 15 heavy (non-hydrogen) atoms. The highest BCUT2D eigenvalue weighted by atomic mass is 35.5. The summed E-state index contributed by atoms with van der Waals surface area (Å²) in [5.41, 5.74) is -0.154. The fourth-order valence-corrected chi connectivity index (χ4v) is 2.15. The van der Waals surface area contributed by atoms with Gasteiger partial charge in [-0.2, -0.15) is 0 Å². The Morgan fingerprint density at radius 3 is 2.67 bits per heavy atom. The van der Waals surface area contributed by atoms with Gasteiger partial charge in [0.1, 0.15) is 11.9 Å². The molecule has 0 bridgehead atoms. The van der Waals surface area contributed by atoms with Crippen LogP contribution in [0.5, 0.6) is 0 Å². The van der Waals surface area contributed by atoms with Gasteiger partial charge in [-0.05, 0) is 12.8 Å². The summed E-state index contributed by atoms with van der Waals surface area (Å²) in [4.78, 5) is 22.8. The summed E-state index contributed by atoms with van der Waals surface area (Å²) in [6, 6.07) is -0.432. The molecule has 1 aliphatic heterocycles. The molecule has 5 heteroatoms. The van der Waals surface area contributed by atoms with E-state index in [0.29, 0.717) is 6.54 Å². The maximum absolute atomic E-state index is 11.6. The summed E-state index contributed by atoms with van der Waals surface area (Å²) >= 11 is 5.41. The van der Waals surface area contributed by atoms with Crippen LogP contribution >= 0.6 is 11.6 Å². The van der Waals surface area contributed by atoms with Gasteiger partial charge < -0.3 is 10.6 Å². The number of hydrogen-bond donors (Lipinski definition) is 2. The normalized spacial score (nSPS) is 23.7. The second-order valence-electron chi connectivity index (χ2n) is 3.92. The number of carbonyl (C=O) groups is 2. The van der Waals surface area contributed by atoms with E-state index in [0.717, 1.165) is 12.8 Å². The van der Waals surface area contributed by atoms with Crippen LogP contribution < -0.4 is 10.6 Å². The molecule has 0 aliphatic carbocycles. The lowest BCUT2D eigenvalue weighted by Crippen LogP contribution is -2.49. The first-order valence-electron chi connectivity index (χ1n) is 5.22. The van der Waals surface area contributed by atoms with E-state index >= 15 is 0 Å². The van der Waals surface area contributed by atoms with Gasteiger partial charge >= 0.3 is 0 Å². The molecular weight excluding hydrogens is 216 g/mol. The van der Waals surface area contributed by atoms with Crippen molar-refractivity contribution in [1.29, 1.82) is 0 Å². The average molecular weight is 233 g/mol. The number of carbonyl (C=O) groups excluding carboxylic acids is 2. The topological polar surface area (TPSA) is 58.2 Å². The molecular formula is C10H17ClN2O2. The Kier molecular flexibility index (Phi) is 3.97. The third-order valence-electron chi connectivity index (χ3n) is 3.32. The minimum atomic E-state index is -0.432. The van der Waals surface area contributed by atoms with Crippen molar-refractivity contribution in [2.24, 2.45) is 5.41 Å². The first-order chi connectivity index (χ1) is 7.09. The Labute approximate surface area is 94.7 Å². The van der Waals surface area contributed by atoms with Crippen LogP contribution in [0.15, 0.2) is 0 Å². The maximum Gasteiger partial charge on any atom is 0.243 e. The Balaban J connectivity index is 2.80. The number of rotatable bonds is 4. The maximum atomic E-state index is 11.6. The van der Waals surface area contributed by atoms with Crippen molar-refractivity contribution in [3.05, 3.63) is 0 Å². The summed E-state index contributed by atoms with van der Waals surface area (Å²) in [5, 5.41) is 5.48. The van der Waals surface area contributed by atoms with Crippen molar-refractivity contribution in [3.8, 4) is 0 Å². The zero-order chi connectivity index (χ0) is 11.5. The lowest BCUT2D eigenvalue weighted by molar-refractivity contribution is -0.127. The van der Waals surface area contributed by atoms with Crippen LogP contribution in [0.3, 0.4) is 0 Å². The molecule has 2 amide bonds. The van der Waals surface area contributed by atoms with E-state index in [-0.39, 0.29) is 23.1 Å². The Morgan fingerprint density at radius 2 is 2.20 bits per heavy atom. The van der Waals surface area contributed by atoms with E-state index in [1.165, 1.54) is 0 Å². The Hall–Kier alpha value is -0.770. The van der Waals surface area contributed by atoms with E-state index in [1.54, 1.807) is 0 Å². The molecule has 1 rings (SSSR count). The molecule has 1 aliphatic rings. The van der Waals surface area contributed by atoms with E-state index < -0.39 is 6.04 Å². The fourth-order valence-electron chi connectivity index (χ4n) is 2.07. The van der Waals surface area contributed by atoms with Crippen LogP contribution in [0.1, 0.15) is 26.7 Å².